The average Bonchev–Trinajstić information content (AvgIpc) is 3.48. The summed E-state index contributed by atoms with van der Waals surface area (Å²) in [5.41, 5.74) is 18.9. The molecule has 0 amide bonds. The van der Waals surface area contributed by atoms with Crippen LogP contribution in [0.1, 0.15) is 41.7 Å². The third-order valence-electron chi connectivity index (χ3n) is 11.8. The number of nitrogens with zero attached hydrogens (tertiary/aromatic N) is 1. The maximum Gasteiger partial charge on any atom is 0.131 e. The lowest BCUT2D eigenvalue weighted by Crippen LogP contribution is -2.15. The molecule has 9 aromatic carbocycles. The molecule has 0 bridgehead atoms. The van der Waals surface area contributed by atoms with Gasteiger partial charge in [-0.1, -0.05) is 196 Å². The Balaban J connectivity index is 1.17. The molecule has 0 fully saturated rings. The zero-order valence-electron chi connectivity index (χ0n) is 31.1. The van der Waals surface area contributed by atoms with Crippen LogP contribution in [0, 0.1) is 0 Å². The molecule has 0 atom stereocenters. The van der Waals surface area contributed by atoms with Gasteiger partial charge in [0.1, 0.15) is 5.84 Å². The lowest BCUT2D eigenvalue weighted by Gasteiger charge is -2.23. The molecule has 1 aliphatic carbocycles. The van der Waals surface area contributed by atoms with Gasteiger partial charge in [0.05, 0.1) is 5.70 Å². The van der Waals surface area contributed by atoms with Crippen molar-refractivity contribution in [1.29, 1.82) is 0 Å². The summed E-state index contributed by atoms with van der Waals surface area (Å²) in [7, 11) is 0. The summed E-state index contributed by atoms with van der Waals surface area (Å²) >= 11 is 0. The van der Waals surface area contributed by atoms with Gasteiger partial charge in [-0.3, -0.25) is 0 Å². The first-order valence-corrected chi connectivity index (χ1v) is 19.1. The van der Waals surface area contributed by atoms with Crippen molar-refractivity contribution in [3.8, 4) is 22.3 Å². The summed E-state index contributed by atoms with van der Waals surface area (Å²) in [5, 5.41) is 9.66. The summed E-state index contributed by atoms with van der Waals surface area (Å²) in [6, 6.07) is 63.4. The normalized spacial score (nSPS) is 13.8. The van der Waals surface area contributed by atoms with Gasteiger partial charge in [0.2, 0.25) is 0 Å². The summed E-state index contributed by atoms with van der Waals surface area (Å²) in [6.45, 7) is 4.75. The van der Waals surface area contributed by atoms with Gasteiger partial charge in [0.15, 0.2) is 0 Å². The van der Waals surface area contributed by atoms with E-state index in [0.717, 1.165) is 33.0 Å². The largest absolute Gasteiger partial charge is 0.383 e. The molecule has 0 heterocycles. The van der Waals surface area contributed by atoms with Crippen LogP contribution in [0.25, 0.3) is 71.0 Å². The maximum absolute atomic E-state index is 7.00. The lowest BCUT2D eigenvalue weighted by atomic mass is 9.80. The quantitative estimate of drug-likeness (QED) is 0.136. The number of nitrogens with two attached hydrogens (primary N) is 1. The Morgan fingerprint density at radius 2 is 1.07 bits per heavy atom. The van der Waals surface area contributed by atoms with Crippen LogP contribution < -0.4 is 5.73 Å². The first-order chi connectivity index (χ1) is 27.0. The Labute approximate surface area is 321 Å². The molecule has 2 heteroatoms. The van der Waals surface area contributed by atoms with Crippen LogP contribution in [-0.4, -0.2) is 5.84 Å². The predicted octanol–water partition coefficient (Wildman–Crippen LogP) is 13.3. The molecule has 10 rings (SSSR count). The number of hydrogen-bond donors (Lipinski definition) is 1. The predicted molar refractivity (Wildman–Crippen MR) is 235 cm³/mol. The van der Waals surface area contributed by atoms with E-state index >= 15 is 0 Å². The minimum absolute atomic E-state index is 0.136. The SMILES string of the molecule is CC1(C)c2cccc(-c3ccc(/C(=C/Cc4cccc5ccccc45)N=C(N)c4cccc5ccccc45)c4ccccc34)c2-c2ccc3ccccc3c21. The molecule has 0 aliphatic heterocycles. The molecule has 0 saturated carbocycles. The fraction of sp³-hybridized carbons (Fsp3) is 0.0755. The fourth-order valence-electron chi connectivity index (χ4n) is 9.16. The van der Waals surface area contributed by atoms with E-state index in [4.69, 9.17) is 10.7 Å². The molecular weight excluding hydrogens is 665 g/mol. The first kappa shape index (κ1) is 32.8. The molecule has 0 saturated heterocycles. The molecule has 9 aromatic rings. The van der Waals surface area contributed by atoms with E-state index in [-0.39, 0.29) is 5.41 Å². The number of amidine groups is 1. The van der Waals surface area contributed by atoms with Crippen LogP contribution in [0.2, 0.25) is 0 Å². The lowest BCUT2D eigenvalue weighted by molar-refractivity contribution is 0.666. The number of allylic oxidation sites excluding steroid dienone is 1. The van der Waals surface area contributed by atoms with Crippen molar-refractivity contribution in [2.75, 3.05) is 0 Å². The zero-order chi connectivity index (χ0) is 37.1. The van der Waals surface area contributed by atoms with Crippen molar-refractivity contribution in [2.24, 2.45) is 10.7 Å². The van der Waals surface area contributed by atoms with Gasteiger partial charge < -0.3 is 5.73 Å². The monoisotopic (exact) mass is 704 g/mol. The third-order valence-corrected chi connectivity index (χ3v) is 11.8. The highest BCUT2D eigenvalue weighted by molar-refractivity contribution is 6.12. The number of aliphatic imine (C=N–C) groups is 1. The average molecular weight is 705 g/mol. The summed E-state index contributed by atoms with van der Waals surface area (Å²) in [6.07, 6.45) is 2.97. The summed E-state index contributed by atoms with van der Waals surface area (Å²) in [5.74, 6) is 0.501. The zero-order valence-corrected chi connectivity index (χ0v) is 31.1. The second kappa shape index (κ2) is 13.0. The van der Waals surface area contributed by atoms with Crippen LogP contribution >= 0.6 is 0 Å². The third kappa shape index (κ3) is 5.36. The van der Waals surface area contributed by atoms with Gasteiger partial charge in [0.25, 0.3) is 0 Å². The van der Waals surface area contributed by atoms with Crippen LogP contribution in [0.15, 0.2) is 187 Å². The molecule has 262 valence electrons. The van der Waals surface area contributed by atoms with Gasteiger partial charge in [-0.2, -0.15) is 0 Å². The van der Waals surface area contributed by atoms with Crippen molar-refractivity contribution in [1.82, 2.24) is 0 Å². The van der Waals surface area contributed by atoms with Gasteiger partial charge in [-0.15, -0.1) is 0 Å². The van der Waals surface area contributed by atoms with Crippen molar-refractivity contribution in [3.63, 3.8) is 0 Å². The summed E-state index contributed by atoms with van der Waals surface area (Å²) in [4.78, 5) is 5.31. The van der Waals surface area contributed by atoms with E-state index in [1.54, 1.807) is 0 Å². The van der Waals surface area contributed by atoms with E-state index in [0.29, 0.717) is 12.3 Å². The van der Waals surface area contributed by atoms with Crippen molar-refractivity contribution in [2.45, 2.75) is 25.7 Å². The molecule has 2 nitrogen and oxygen atoms in total. The van der Waals surface area contributed by atoms with Gasteiger partial charge in [-0.05, 0) is 88.5 Å². The smallest absolute Gasteiger partial charge is 0.131 e. The fourth-order valence-corrected chi connectivity index (χ4v) is 9.16. The van der Waals surface area contributed by atoms with E-state index in [9.17, 15) is 0 Å². The highest BCUT2D eigenvalue weighted by Gasteiger charge is 2.38. The number of fused-ring (bicyclic) bond motifs is 8. The Hall–Kier alpha value is -6.77. The van der Waals surface area contributed by atoms with Gasteiger partial charge in [0, 0.05) is 16.5 Å². The topological polar surface area (TPSA) is 38.4 Å². The highest BCUT2D eigenvalue weighted by atomic mass is 14.9. The molecule has 2 N–H and O–H groups in total. The number of benzene rings is 9. The Kier molecular flexibility index (Phi) is 7.74. The highest BCUT2D eigenvalue weighted by Crippen LogP contribution is 2.54. The molecule has 1 aliphatic rings. The minimum Gasteiger partial charge on any atom is -0.383 e. The van der Waals surface area contributed by atoms with Crippen LogP contribution in [0.3, 0.4) is 0 Å². The van der Waals surface area contributed by atoms with E-state index < -0.39 is 0 Å². The molecular formula is C53H40N2. The molecule has 0 aromatic heterocycles. The molecule has 0 spiro atoms. The second-order valence-corrected chi connectivity index (χ2v) is 15.2. The Bertz CT molecular complexity index is 3040. The van der Waals surface area contributed by atoms with E-state index in [2.05, 4.69) is 196 Å². The number of hydrogen-bond acceptors (Lipinski definition) is 1. The van der Waals surface area contributed by atoms with Crippen LogP contribution in [-0.2, 0) is 11.8 Å². The minimum atomic E-state index is -0.136. The van der Waals surface area contributed by atoms with Crippen molar-refractivity contribution >= 4 is 54.6 Å². The molecule has 0 radical (unpaired) electrons. The first-order valence-electron chi connectivity index (χ1n) is 19.1. The Morgan fingerprint density at radius 1 is 0.491 bits per heavy atom. The molecule has 0 unspecified atom stereocenters. The second-order valence-electron chi connectivity index (χ2n) is 15.2. The van der Waals surface area contributed by atoms with E-state index in [1.807, 2.05) is 0 Å². The maximum atomic E-state index is 7.00. The summed E-state index contributed by atoms with van der Waals surface area (Å²) < 4.78 is 0. The van der Waals surface area contributed by atoms with E-state index in [1.165, 1.54) is 65.9 Å². The van der Waals surface area contributed by atoms with Gasteiger partial charge >= 0.3 is 0 Å². The van der Waals surface area contributed by atoms with Crippen molar-refractivity contribution < 1.29 is 0 Å². The van der Waals surface area contributed by atoms with Crippen molar-refractivity contribution in [3.05, 3.63) is 210 Å². The standard InChI is InChI=1S/C53H40N2/c1-53(2)48-27-13-25-45(50(48)47-30-28-37-16-5-8-22-40(37)51(47)53)43-31-32-44(42-24-10-9-23-41(42)43)49(33-29-36-18-11-17-34-14-3-6-20-38(34)36)55-52(54)46-26-12-19-35-15-4-7-21-39(35)46/h3-28,30-33H,29H2,1-2H3,(H2,54,55)/b49-33-. The van der Waals surface area contributed by atoms with Crippen LogP contribution in [0.5, 0.6) is 0 Å². The molecule has 55 heavy (non-hydrogen) atoms. The number of rotatable bonds is 6. The van der Waals surface area contributed by atoms with Gasteiger partial charge in [-0.25, -0.2) is 4.99 Å². The van der Waals surface area contributed by atoms with Crippen LogP contribution in [0.4, 0.5) is 0 Å². The Morgan fingerprint density at radius 3 is 1.85 bits per heavy atom.